The molecule has 59 heavy (non-hydrogen) atoms. The maximum atomic E-state index is 12.8. The van der Waals surface area contributed by atoms with E-state index in [0.717, 1.165) is 44.9 Å². The van der Waals surface area contributed by atoms with E-state index < -0.39 is 55.4 Å². The molecule has 10 nitrogen and oxygen atoms in total. The molecule has 0 spiro atoms. The minimum atomic E-state index is -1.60. The Morgan fingerprint density at radius 3 is 1.47 bits per heavy atom. The molecule has 1 aliphatic rings. The highest BCUT2D eigenvalue weighted by atomic mass is 16.7. The van der Waals surface area contributed by atoms with Crippen molar-refractivity contribution in [3.05, 3.63) is 48.6 Å². The van der Waals surface area contributed by atoms with Crippen molar-refractivity contribution in [2.75, 3.05) is 19.8 Å². The summed E-state index contributed by atoms with van der Waals surface area (Å²) in [6.45, 7) is 3.35. The Hall–Kier alpha value is -2.34. The van der Waals surface area contributed by atoms with Crippen molar-refractivity contribution in [2.24, 2.45) is 0 Å². The second-order valence-electron chi connectivity index (χ2n) is 16.2. The average molecular weight is 835 g/mol. The topological polar surface area (TPSA) is 152 Å². The Labute approximate surface area is 358 Å². The minimum absolute atomic E-state index is 0.200. The summed E-state index contributed by atoms with van der Waals surface area (Å²) < 4.78 is 22.1. The Morgan fingerprint density at radius 2 is 0.966 bits per heavy atom. The maximum absolute atomic E-state index is 12.8. The molecule has 0 amide bonds. The number of carbonyl (C=O) groups excluding carboxylic acids is 2. The van der Waals surface area contributed by atoms with Gasteiger partial charge in [-0.2, -0.15) is 0 Å². The van der Waals surface area contributed by atoms with Crippen LogP contribution in [-0.4, -0.2) is 89.0 Å². The zero-order valence-electron chi connectivity index (χ0n) is 37.2. The molecule has 0 aromatic heterocycles. The second kappa shape index (κ2) is 39.8. The molecular weight excluding hydrogens is 749 g/mol. The fourth-order valence-electron chi connectivity index (χ4n) is 6.95. The van der Waals surface area contributed by atoms with Gasteiger partial charge < -0.3 is 39.4 Å². The molecule has 6 atom stereocenters. The number of hydrogen-bond donors (Lipinski definition) is 4. The van der Waals surface area contributed by atoms with Gasteiger partial charge in [0.1, 0.15) is 31.0 Å². The summed E-state index contributed by atoms with van der Waals surface area (Å²) >= 11 is 0. The van der Waals surface area contributed by atoms with Crippen LogP contribution in [0.4, 0.5) is 0 Å². The molecule has 1 heterocycles. The third-order valence-electron chi connectivity index (χ3n) is 10.7. The molecule has 2 unspecified atom stereocenters. The van der Waals surface area contributed by atoms with Gasteiger partial charge in [-0.3, -0.25) is 9.59 Å². The lowest BCUT2D eigenvalue weighted by molar-refractivity contribution is -0.305. The fourth-order valence-corrected chi connectivity index (χ4v) is 6.95. The highest BCUT2D eigenvalue weighted by molar-refractivity contribution is 5.70. The monoisotopic (exact) mass is 835 g/mol. The van der Waals surface area contributed by atoms with Crippen molar-refractivity contribution in [3.63, 3.8) is 0 Å². The van der Waals surface area contributed by atoms with Crippen LogP contribution in [0.1, 0.15) is 194 Å². The van der Waals surface area contributed by atoms with E-state index in [2.05, 4.69) is 62.5 Å². The van der Waals surface area contributed by atoms with E-state index in [9.17, 15) is 30.0 Å². The lowest BCUT2D eigenvalue weighted by atomic mass is 9.99. The maximum Gasteiger partial charge on any atom is 0.306 e. The van der Waals surface area contributed by atoms with Crippen molar-refractivity contribution in [3.8, 4) is 0 Å². The van der Waals surface area contributed by atoms with E-state index in [1.807, 2.05) is 0 Å². The summed E-state index contributed by atoms with van der Waals surface area (Å²) in [4.78, 5) is 25.3. The third kappa shape index (κ3) is 31.2. The zero-order chi connectivity index (χ0) is 43.0. The van der Waals surface area contributed by atoms with Gasteiger partial charge in [0.2, 0.25) is 0 Å². The number of esters is 2. The summed E-state index contributed by atoms with van der Waals surface area (Å²) in [7, 11) is 0. The first-order valence-electron chi connectivity index (χ1n) is 23.7. The molecule has 342 valence electrons. The van der Waals surface area contributed by atoms with Crippen LogP contribution in [0, 0.1) is 0 Å². The lowest BCUT2D eigenvalue weighted by Gasteiger charge is -2.39. The first-order valence-corrected chi connectivity index (χ1v) is 23.7. The number of aliphatic hydroxyl groups is 4. The predicted octanol–water partition coefficient (Wildman–Crippen LogP) is 10.4. The van der Waals surface area contributed by atoms with Crippen molar-refractivity contribution >= 4 is 11.9 Å². The van der Waals surface area contributed by atoms with Gasteiger partial charge in [0, 0.05) is 12.8 Å². The van der Waals surface area contributed by atoms with Crippen LogP contribution in [-0.2, 0) is 28.5 Å². The fraction of sp³-hybridized carbons (Fsp3) is 0.796. The van der Waals surface area contributed by atoms with Gasteiger partial charge in [-0.25, -0.2) is 0 Å². The van der Waals surface area contributed by atoms with Crippen LogP contribution >= 0.6 is 0 Å². The SMILES string of the molecule is CCCCC/C=C/C/C=C/C/C=C/C/C=C/CCCC(=O)OC[C@@H](CO[C@H]1O[C@@H](CO)[C@@H](O)C(O)C1O)OC(=O)CCCCCCCCCCCCCCCCCCC. The predicted molar refractivity (Wildman–Crippen MR) is 238 cm³/mol. The number of ether oxygens (including phenoxy) is 4. The molecule has 0 aromatic rings. The number of rotatable bonds is 39. The van der Waals surface area contributed by atoms with Gasteiger partial charge in [0.25, 0.3) is 0 Å². The molecule has 1 aliphatic heterocycles. The smallest absolute Gasteiger partial charge is 0.306 e. The molecular formula is C49H86O10. The normalized spacial score (nSPS) is 20.4. The minimum Gasteiger partial charge on any atom is -0.462 e. The number of carbonyl (C=O) groups is 2. The molecule has 1 saturated heterocycles. The molecule has 0 radical (unpaired) electrons. The van der Waals surface area contributed by atoms with Crippen molar-refractivity contribution in [1.82, 2.24) is 0 Å². The van der Waals surface area contributed by atoms with E-state index in [0.29, 0.717) is 12.8 Å². The van der Waals surface area contributed by atoms with E-state index in [-0.39, 0.29) is 26.1 Å². The molecule has 4 N–H and O–H groups in total. The van der Waals surface area contributed by atoms with Crippen LogP contribution in [0.3, 0.4) is 0 Å². The standard InChI is InChI=1S/C49H86O10/c1-3-5-7-9-11-13-15-17-19-21-23-25-27-29-31-33-35-37-44(51)56-40-42(41-57-49-48(55)47(54)46(53)43(39-50)59-49)58-45(52)38-36-34-32-30-28-26-24-22-20-18-16-14-12-10-8-6-4-2/h11,13,17,19,23,25,29,31,42-43,46-50,53-55H,3-10,12,14-16,18,20-22,24,26-28,30,32-41H2,1-2H3/b13-11+,19-17+,25-23+,31-29+/t42-,43-,46+,47?,48?,49-/m0/s1. The Kier molecular flexibility index (Phi) is 36.9. The number of aliphatic hydroxyl groups excluding tert-OH is 4. The van der Waals surface area contributed by atoms with Crippen LogP contribution in [0.5, 0.6) is 0 Å². The molecule has 0 aliphatic carbocycles. The second-order valence-corrected chi connectivity index (χ2v) is 16.2. The van der Waals surface area contributed by atoms with E-state index in [1.54, 1.807) is 0 Å². The van der Waals surface area contributed by atoms with Crippen molar-refractivity contribution < 1.29 is 49.0 Å². The molecule has 0 saturated carbocycles. The summed E-state index contributed by atoms with van der Waals surface area (Å²) in [6, 6.07) is 0. The Bertz CT molecular complexity index is 1100. The van der Waals surface area contributed by atoms with Gasteiger partial charge in [-0.05, 0) is 51.4 Å². The first-order chi connectivity index (χ1) is 28.8. The van der Waals surface area contributed by atoms with Crippen LogP contribution in [0.25, 0.3) is 0 Å². The van der Waals surface area contributed by atoms with Gasteiger partial charge in [0.15, 0.2) is 12.4 Å². The van der Waals surface area contributed by atoms with Gasteiger partial charge >= 0.3 is 11.9 Å². The van der Waals surface area contributed by atoms with Crippen LogP contribution in [0.15, 0.2) is 48.6 Å². The summed E-state index contributed by atoms with van der Waals surface area (Å²) in [5, 5.41) is 40.1. The van der Waals surface area contributed by atoms with Crippen LogP contribution in [0.2, 0.25) is 0 Å². The van der Waals surface area contributed by atoms with Gasteiger partial charge in [-0.1, -0.05) is 178 Å². The van der Waals surface area contributed by atoms with Crippen molar-refractivity contribution in [2.45, 2.75) is 230 Å². The zero-order valence-corrected chi connectivity index (χ0v) is 37.2. The Morgan fingerprint density at radius 1 is 0.525 bits per heavy atom. The van der Waals surface area contributed by atoms with Gasteiger partial charge in [-0.15, -0.1) is 0 Å². The molecule has 1 rings (SSSR count). The largest absolute Gasteiger partial charge is 0.462 e. The third-order valence-corrected chi connectivity index (χ3v) is 10.7. The van der Waals surface area contributed by atoms with E-state index in [1.165, 1.54) is 109 Å². The summed E-state index contributed by atoms with van der Waals surface area (Å²) in [6.07, 6.45) is 39.8. The van der Waals surface area contributed by atoms with E-state index in [4.69, 9.17) is 18.9 Å². The summed E-state index contributed by atoms with van der Waals surface area (Å²) in [5.41, 5.74) is 0. The molecule has 1 fully saturated rings. The Balaban J connectivity index is 2.34. The molecule has 0 aromatic carbocycles. The highest BCUT2D eigenvalue weighted by Crippen LogP contribution is 2.23. The average Bonchev–Trinajstić information content (AvgIpc) is 3.23. The van der Waals surface area contributed by atoms with E-state index >= 15 is 0 Å². The molecule has 10 heteroatoms. The molecule has 0 bridgehead atoms. The lowest BCUT2D eigenvalue weighted by Crippen LogP contribution is -2.59. The van der Waals surface area contributed by atoms with Gasteiger partial charge in [0.05, 0.1) is 13.2 Å². The summed E-state index contributed by atoms with van der Waals surface area (Å²) in [5.74, 6) is -0.868. The quantitative estimate of drug-likeness (QED) is 0.0267. The number of unbranched alkanes of at least 4 members (excludes halogenated alkanes) is 20. The van der Waals surface area contributed by atoms with Crippen molar-refractivity contribution in [1.29, 1.82) is 0 Å². The first kappa shape index (κ1) is 54.7. The number of hydrogen-bond acceptors (Lipinski definition) is 10. The van der Waals surface area contributed by atoms with Crippen LogP contribution < -0.4 is 0 Å². The number of allylic oxidation sites excluding steroid dienone is 8. The highest BCUT2D eigenvalue weighted by Gasteiger charge is 2.44.